The summed E-state index contributed by atoms with van der Waals surface area (Å²) in [4.78, 5) is 0. The smallest absolute Gasteiger partial charge is 0.111 e. The molecule has 0 saturated carbocycles. The van der Waals surface area contributed by atoms with Gasteiger partial charge in [0.15, 0.2) is 0 Å². The zero-order chi connectivity index (χ0) is 12.5. The molecule has 3 unspecified atom stereocenters. The highest BCUT2D eigenvalue weighted by molar-refractivity contribution is 4.97. The molecule has 0 aliphatic carbocycles. The van der Waals surface area contributed by atoms with Crippen molar-refractivity contribution in [2.24, 2.45) is 5.41 Å². The summed E-state index contributed by atoms with van der Waals surface area (Å²) in [6.07, 6.45) is -2.29. The predicted octanol–water partition coefficient (Wildman–Crippen LogP) is 0.683. The van der Waals surface area contributed by atoms with E-state index in [0.717, 1.165) is 12.8 Å². The first-order valence-corrected chi connectivity index (χ1v) is 6.07. The van der Waals surface area contributed by atoms with Crippen molar-refractivity contribution in [2.75, 3.05) is 0 Å². The quantitative estimate of drug-likeness (QED) is 0.669. The SMILES string of the molecule is CCC(C)(CC)[C@@H]1O[C@@H](C)C(O)C(O)C1O. The molecule has 1 saturated heterocycles. The van der Waals surface area contributed by atoms with Crippen molar-refractivity contribution >= 4 is 0 Å². The van der Waals surface area contributed by atoms with E-state index >= 15 is 0 Å². The van der Waals surface area contributed by atoms with Gasteiger partial charge in [-0.15, -0.1) is 0 Å². The van der Waals surface area contributed by atoms with E-state index in [9.17, 15) is 15.3 Å². The topological polar surface area (TPSA) is 69.9 Å². The third-order valence-electron chi connectivity index (χ3n) is 4.15. The highest BCUT2D eigenvalue weighted by Gasteiger charge is 2.48. The number of aliphatic hydroxyl groups excluding tert-OH is 3. The van der Waals surface area contributed by atoms with E-state index in [1.54, 1.807) is 6.92 Å². The molecule has 1 aliphatic heterocycles. The Balaban J connectivity index is 2.89. The van der Waals surface area contributed by atoms with E-state index in [1.165, 1.54) is 0 Å². The third kappa shape index (κ3) is 2.25. The fraction of sp³-hybridized carbons (Fsp3) is 1.00. The summed E-state index contributed by atoms with van der Waals surface area (Å²) in [5.41, 5.74) is -0.172. The van der Waals surface area contributed by atoms with Gasteiger partial charge in [-0.25, -0.2) is 0 Å². The van der Waals surface area contributed by atoms with E-state index < -0.39 is 30.5 Å². The lowest BCUT2D eigenvalue weighted by atomic mass is 9.74. The summed E-state index contributed by atoms with van der Waals surface area (Å²) in [5.74, 6) is 0. The van der Waals surface area contributed by atoms with Gasteiger partial charge in [0.05, 0.1) is 12.2 Å². The lowest BCUT2D eigenvalue weighted by molar-refractivity contribution is -0.245. The van der Waals surface area contributed by atoms with Crippen LogP contribution in [0.3, 0.4) is 0 Å². The van der Waals surface area contributed by atoms with E-state index in [0.29, 0.717) is 0 Å². The average molecular weight is 232 g/mol. The van der Waals surface area contributed by atoms with Crippen LogP contribution in [0.4, 0.5) is 0 Å². The lowest BCUT2D eigenvalue weighted by Crippen LogP contribution is -2.60. The molecule has 0 radical (unpaired) electrons. The summed E-state index contributed by atoms with van der Waals surface area (Å²) in [6, 6.07) is 0. The first-order valence-electron chi connectivity index (χ1n) is 6.07. The van der Waals surface area contributed by atoms with Crippen LogP contribution in [0.2, 0.25) is 0 Å². The van der Waals surface area contributed by atoms with Gasteiger partial charge in [0, 0.05) is 0 Å². The Morgan fingerprint density at radius 2 is 1.50 bits per heavy atom. The molecule has 5 atom stereocenters. The Morgan fingerprint density at radius 1 is 1.00 bits per heavy atom. The maximum atomic E-state index is 9.99. The molecule has 96 valence electrons. The number of hydrogen-bond donors (Lipinski definition) is 3. The minimum atomic E-state index is -1.12. The molecule has 3 N–H and O–H groups in total. The molecule has 0 bridgehead atoms. The Hall–Kier alpha value is -0.160. The van der Waals surface area contributed by atoms with E-state index in [4.69, 9.17) is 4.74 Å². The average Bonchev–Trinajstić information content (AvgIpc) is 2.30. The van der Waals surface area contributed by atoms with Gasteiger partial charge < -0.3 is 20.1 Å². The van der Waals surface area contributed by atoms with Gasteiger partial charge in [0.1, 0.15) is 18.3 Å². The van der Waals surface area contributed by atoms with Crippen molar-refractivity contribution in [3.63, 3.8) is 0 Å². The molecule has 4 heteroatoms. The molecule has 1 heterocycles. The lowest BCUT2D eigenvalue weighted by Gasteiger charge is -2.47. The molecule has 0 spiro atoms. The van der Waals surface area contributed by atoms with Crippen LogP contribution in [0, 0.1) is 5.41 Å². The van der Waals surface area contributed by atoms with Crippen molar-refractivity contribution in [2.45, 2.75) is 71.1 Å². The predicted molar refractivity (Wildman–Crippen MR) is 61.0 cm³/mol. The Kier molecular flexibility index (Phi) is 4.35. The maximum absolute atomic E-state index is 9.99. The van der Waals surface area contributed by atoms with E-state index in [-0.39, 0.29) is 5.41 Å². The van der Waals surface area contributed by atoms with Crippen molar-refractivity contribution in [3.8, 4) is 0 Å². The fourth-order valence-corrected chi connectivity index (χ4v) is 2.28. The molecule has 16 heavy (non-hydrogen) atoms. The van der Waals surface area contributed by atoms with Gasteiger partial charge in [-0.3, -0.25) is 0 Å². The van der Waals surface area contributed by atoms with Crippen molar-refractivity contribution in [1.29, 1.82) is 0 Å². The monoisotopic (exact) mass is 232 g/mol. The fourth-order valence-electron chi connectivity index (χ4n) is 2.28. The third-order valence-corrected chi connectivity index (χ3v) is 4.15. The molecule has 0 aromatic rings. The number of aliphatic hydroxyl groups is 3. The van der Waals surface area contributed by atoms with Crippen LogP contribution in [0.15, 0.2) is 0 Å². The van der Waals surface area contributed by atoms with Crippen LogP contribution >= 0.6 is 0 Å². The highest BCUT2D eigenvalue weighted by atomic mass is 16.5. The van der Waals surface area contributed by atoms with Crippen LogP contribution in [0.5, 0.6) is 0 Å². The molecule has 0 amide bonds. The maximum Gasteiger partial charge on any atom is 0.111 e. The summed E-state index contributed by atoms with van der Waals surface area (Å²) >= 11 is 0. The second-order valence-corrected chi connectivity index (χ2v) is 5.09. The van der Waals surface area contributed by atoms with Gasteiger partial charge >= 0.3 is 0 Å². The Labute approximate surface area is 97.2 Å². The molecule has 1 fully saturated rings. The minimum absolute atomic E-state index is 0.172. The Morgan fingerprint density at radius 3 is 1.94 bits per heavy atom. The van der Waals surface area contributed by atoms with Gasteiger partial charge in [-0.1, -0.05) is 20.8 Å². The number of hydrogen-bond acceptors (Lipinski definition) is 4. The van der Waals surface area contributed by atoms with Crippen LogP contribution in [-0.4, -0.2) is 45.8 Å². The number of ether oxygens (including phenoxy) is 1. The second-order valence-electron chi connectivity index (χ2n) is 5.09. The second kappa shape index (κ2) is 5.00. The largest absolute Gasteiger partial charge is 0.388 e. The number of rotatable bonds is 3. The molecule has 0 aromatic carbocycles. The van der Waals surface area contributed by atoms with Crippen molar-refractivity contribution in [3.05, 3.63) is 0 Å². The van der Waals surface area contributed by atoms with Crippen molar-refractivity contribution in [1.82, 2.24) is 0 Å². The van der Waals surface area contributed by atoms with Gasteiger partial charge in [-0.2, -0.15) is 0 Å². The first-order chi connectivity index (χ1) is 7.37. The standard InChI is InChI=1S/C12H24O4/c1-5-12(4,6-2)11-10(15)9(14)8(13)7(3)16-11/h7-11,13-15H,5-6H2,1-4H3/t7-,8?,9?,10?,11+/m0/s1. The summed E-state index contributed by atoms with van der Waals surface area (Å²) in [7, 11) is 0. The molecule has 0 aromatic heterocycles. The van der Waals surface area contributed by atoms with Crippen LogP contribution in [0.25, 0.3) is 0 Å². The summed E-state index contributed by atoms with van der Waals surface area (Å²) in [5, 5.41) is 29.4. The zero-order valence-corrected chi connectivity index (χ0v) is 10.6. The van der Waals surface area contributed by atoms with Gasteiger partial charge in [-0.05, 0) is 25.2 Å². The summed E-state index contributed by atoms with van der Waals surface area (Å²) < 4.78 is 5.67. The highest BCUT2D eigenvalue weighted by Crippen LogP contribution is 2.38. The van der Waals surface area contributed by atoms with Crippen LogP contribution < -0.4 is 0 Å². The van der Waals surface area contributed by atoms with E-state index in [1.807, 2.05) is 20.8 Å². The summed E-state index contributed by atoms with van der Waals surface area (Å²) in [6.45, 7) is 7.85. The normalized spacial score (nSPS) is 41.1. The van der Waals surface area contributed by atoms with Gasteiger partial charge in [0.2, 0.25) is 0 Å². The Bertz CT molecular complexity index is 227. The molecular formula is C12H24O4. The molecular weight excluding hydrogens is 208 g/mol. The first kappa shape index (κ1) is 13.9. The molecule has 4 nitrogen and oxygen atoms in total. The van der Waals surface area contributed by atoms with Crippen LogP contribution in [-0.2, 0) is 4.74 Å². The van der Waals surface area contributed by atoms with Crippen molar-refractivity contribution < 1.29 is 20.1 Å². The van der Waals surface area contributed by atoms with E-state index in [2.05, 4.69) is 0 Å². The molecule has 1 rings (SSSR count). The van der Waals surface area contributed by atoms with Crippen LogP contribution in [0.1, 0.15) is 40.5 Å². The molecule has 1 aliphatic rings. The minimum Gasteiger partial charge on any atom is -0.388 e. The zero-order valence-electron chi connectivity index (χ0n) is 10.6. The van der Waals surface area contributed by atoms with Gasteiger partial charge in [0.25, 0.3) is 0 Å².